The van der Waals surface area contributed by atoms with Crippen molar-refractivity contribution in [3.63, 3.8) is 0 Å². The van der Waals surface area contributed by atoms with E-state index in [1.807, 2.05) is 6.07 Å². The molecular weight excluding hydrogens is 200 g/mol. The highest BCUT2D eigenvalue weighted by molar-refractivity contribution is 5.90. The number of rotatable bonds is 3. The smallest absolute Gasteiger partial charge is 0.125 e. The van der Waals surface area contributed by atoms with E-state index in [1.165, 1.54) is 18.4 Å². The predicted molar refractivity (Wildman–Crippen MR) is 64.6 cm³/mol. The Morgan fingerprint density at radius 3 is 2.88 bits per heavy atom. The van der Waals surface area contributed by atoms with Crippen LogP contribution in [0.2, 0.25) is 0 Å². The van der Waals surface area contributed by atoms with Gasteiger partial charge in [0.1, 0.15) is 5.75 Å². The SMILES string of the molecule is NCCc1cn(C2CC2)c2cccc(O)c12. The van der Waals surface area contributed by atoms with Gasteiger partial charge in [0, 0.05) is 17.6 Å². The van der Waals surface area contributed by atoms with Gasteiger partial charge in [-0.05, 0) is 43.5 Å². The molecule has 16 heavy (non-hydrogen) atoms. The van der Waals surface area contributed by atoms with E-state index in [-0.39, 0.29) is 0 Å². The van der Waals surface area contributed by atoms with E-state index in [0.29, 0.717) is 18.3 Å². The third-order valence-corrected chi connectivity index (χ3v) is 3.27. The van der Waals surface area contributed by atoms with E-state index in [0.717, 1.165) is 17.3 Å². The minimum absolute atomic E-state index is 0.375. The second kappa shape index (κ2) is 3.52. The van der Waals surface area contributed by atoms with Crippen LogP contribution in [-0.2, 0) is 6.42 Å². The first-order valence-electron chi connectivity index (χ1n) is 5.82. The molecule has 3 heteroatoms. The molecule has 0 saturated heterocycles. The molecule has 0 radical (unpaired) electrons. The van der Waals surface area contributed by atoms with Crippen LogP contribution in [0.4, 0.5) is 0 Å². The zero-order valence-corrected chi connectivity index (χ0v) is 9.19. The Bertz CT molecular complexity index is 526. The van der Waals surface area contributed by atoms with Crippen LogP contribution in [-0.4, -0.2) is 16.2 Å². The van der Waals surface area contributed by atoms with Gasteiger partial charge < -0.3 is 15.4 Å². The fraction of sp³-hybridized carbons (Fsp3) is 0.385. The van der Waals surface area contributed by atoms with Gasteiger partial charge >= 0.3 is 0 Å². The van der Waals surface area contributed by atoms with Crippen LogP contribution in [0.1, 0.15) is 24.4 Å². The van der Waals surface area contributed by atoms with Crippen LogP contribution in [0.3, 0.4) is 0 Å². The number of hydrogen-bond acceptors (Lipinski definition) is 2. The maximum Gasteiger partial charge on any atom is 0.125 e. The fourth-order valence-corrected chi connectivity index (χ4v) is 2.37. The zero-order valence-electron chi connectivity index (χ0n) is 9.19. The van der Waals surface area contributed by atoms with Gasteiger partial charge in [0.05, 0.1) is 5.52 Å². The lowest BCUT2D eigenvalue weighted by molar-refractivity contribution is 0.481. The molecule has 3 nitrogen and oxygen atoms in total. The first-order chi connectivity index (χ1) is 7.81. The number of aromatic hydroxyl groups is 1. The molecule has 0 unspecified atom stereocenters. The summed E-state index contributed by atoms with van der Waals surface area (Å²) in [4.78, 5) is 0. The van der Waals surface area contributed by atoms with Crippen LogP contribution in [0.25, 0.3) is 10.9 Å². The van der Waals surface area contributed by atoms with Crippen LogP contribution in [0, 0.1) is 0 Å². The minimum atomic E-state index is 0.375. The Balaban J connectivity index is 2.24. The van der Waals surface area contributed by atoms with Gasteiger partial charge in [-0.15, -0.1) is 0 Å². The van der Waals surface area contributed by atoms with Gasteiger partial charge in [-0.3, -0.25) is 0 Å². The number of fused-ring (bicyclic) bond motifs is 1. The number of phenols is 1. The summed E-state index contributed by atoms with van der Waals surface area (Å²) in [6, 6.07) is 6.37. The second-order valence-electron chi connectivity index (χ2n) is 4.50. The molecule has 0 spiro atoms. The molecule has 1 saturated carbocycles. The lowest BCUT2D eigenvalue weighted by atomic mass is 10.1. The van der Waals surface area contributed by atoms with Crippen LogP contribution < -0.4 is 5.73 Å². The van der Waals surface area contributed by atoms with E-state index < -0.39 is 0 Å². The molecule has 1 aromatic carbocycles. The Morgan fingerprint density at radius 1 is 1.38 bits per heavy atom. The summed E-state index contributed by atoms with van der Waals surface area (Å²) in [6.07, 6.45) is 5.49. The van der Waals surface area contributed by atoms with E-state index in [1.54, 1.807) is 6.07 Å². The maximum absolute atomic E-state index is 9.94. The Morgan fingerprint density at radius 2 is 2.19 bits per heavy atom. The van der Waals surface area contributed by atoms with Crippen LogP contribution >= 0.6 is 0 Å². The summed E-state index contributed by atoms with van der Waals surface area (Å²) >= 11 is 0. The van der Waals surface area contributed by atoms with Gasteiger partial charge in [0.2, 0.25) is 0 Å². The lowest BCUT2D eigenvalue weighted by Gasteiger charge is -2.02. The average Bonchev–Trinajstić information content (AvgIpc) is 3.04. The Hall–Kier alpha value is -1.48. The minimum Gasteiger partial charge on any atom is -0.507 e. The summed E-state index contributed by atoms with van der Waals surface area (Å²) in [5.74, 6) is 0.375. The van der Waals surface area contributed by atoms with Crippen molar-refractivity contribution in [1.82, 2.24) is 4.57 Å². The van der Waals surface area contributed by atoms with Gasteiger partial charge in [0.15, 0.2) is 0 Å². The highest BCUT2D eigenvalue weighted by atomic mass is 16.3. The topological polar surface area (TPSA) is 51.2 Å². The predicted octanol–water partition coefficient (Wildman–Crippen LogP) is 2.18. The molecule has 0 amide bonds. The van der Waals surface area contributed by atoms with Crippen molar-refractivity contribution in [2.45, 2.75) is 25.3 Å². The molecule has 0 bridgehead atoms. The highest BCUT2D eigenvalue weighted by Gasteiger charge is 2.26. The van der Waals surface area contributed by atoms with Gasteiger partial charge in [-0.2, -0.15) is 0 Å². The van der Waals surface area contributed by atoms with Crippen molar-refractivity contribution in [3.8, 4) is 5.75 Å². The molecule has 1 aliphatic carbocycles. The number of nitrogens with two attached hydrogens (primary N) is 1. The monoisotopic (exact) mass is 216 g/mol. The number of nitrogens with zero attached hydrogens (tertiary/aromatic N) is 1. The highest BCUT2D eigenvalue weighted by Crippen LogP contribution is 2.40. The molecule has 1 aliphatic rings. The molecule has 2 aromatic rings. The molecule has 1 aromatic heterocycles. The van der Waals surface area contributed by atoms with Gasteiger partial charge in [0.25, 0.3) is 0 Å². The second-order valence-corrected chi connectivity index (χ2v) is 4.50. The molecule has 3 N–H and O–H groups in total. The van der Waals surface area contributed by atoms with Crippen LogP contribution in [0.15, 0.2) is 24.4 Å². The Kier molecular flexibility index (Phi) is 2.14. The zero-order chi connectivity index (χ0) is 11.1. The van der Waals surface area contributed by atoms with Crippen molar-refractivity contribution >= 4 is 10.9 Å². The third-order valence-electron chi connectivity index (χ3n) is 3.27. The summed E-state index contributed by atoms with van der Waals surface area (Å²) in [5, 5.41) is 10.9. The molecule has 0 atom stereocenters. The maximum atomic E-state index is 9.94. The van der Waals surface area contributed by atoms with Crippen LogP contribution in [0.5, 0.6) is 5.75 Å². The number of hydrogen-bond donors (Lipinski definition) is 2. The summed E-state index contributed by atoms with van der Waals surface area (Å²) in [6.45, 7) is 0.623. The molecule has 84 valence electrons. The summed E-state index contributed by atoms with van der Waals surface area (Å²) < 4.78 is 2.29. The average molecular weight is 216 g/mol. The normalized spacial score (nSPS) is 15.8. The van der Waals surface area contributed by atoms with E-state index >= 15 is 0 Å². The lowest BCUT2D eigenvalue weighted by Crippen LogP contribution is -2.02. The standard InChI is InChI=1S/C13H16N2O/c14-7-6-9-8-15(10-4-5-10)11-2-1-3-12(16)13(9)11/h1-3,8,10,16H,4-7,14H2. The van der Waals surface area contributed by atoms with E-state index in [4.69, 9.17) is 5.73 Å². The van der Waals surface area contributed by atoms with E-state index in [2.05, 4.69) is 16.8 Å². The van der Waals surface area contributed by atoms with Gasteiger partial charge in [-0.25, -0.2) is 0 Å². The third kappa shape index (κ3) is 1.39. The number of benzene rings is 1. The summed E-state index contributed by atoms with van der Waals surface area (Å²) in [7, 11) is 0. The molecule has 0 aliphatic heterocycles. The Labute approximate surface area is 94.5 Å². The van der Waals surface area contributed by atoms with Crippen molar-refractivity contribution in [3.05, 3.63) is 30.0 Å². The fourth-order valence-electron chi connectivity index (χ4n) is 2.37. The van der Waals surface area contributed by atoms with Crippen molar-refractivity contribution in [2.24, 2.45) is 5.73 Å². The van der Waals surface area contributed by atoms with Crippen molar-refractivity contribution < 1.29 is 5.11 Å². The summed E-state index contributed by atoms with van der Waals surface area (Å²) in [5.41, 5.74) is 7.93. The first-order valence-corrected chi connectivity index (χ1v) is 5.82. The quantitative estimate of drug-likeness (QED) is 0.826. The first kappa shape index (κ1) is 9.73. The van der Waals surface area contributed by atoms with Crippen molar-refractivity contribution in [1.29, 1.82) is 0 Å². The molecular formula is C13H16N2O. The van der Waals surface area contributed by atoms with Gasteiger partial charge in [-0.1, -0.05) is 6.07 Å². The molecule has 3 rings (SSSR count). The molecule has 1 heterocycles. The number of aromatic nitrogens is 1. The van der Waals surface area contributed by atoms with Crippen molar-refractivity contribution in [2.75, 3.05) is 6.54 Å². The van der Waals surface area contributed by atoms with E-state index in [9.17, 15) is 5.11 Å². The number of phenolic OH excluding ortho intramolecular Hbond substituents is 1. The largest absolute Gasteiger partial charge is 0.507 e. The molecule has 1 fully saturated rings.